The first-order valence-corrected chi connectivity index (χ1v) is 4.76. The van der Waals surface area contributed by atoms with Crippen LogP contribution in [0.15, 0.2) is 24.3 Å². The largest absolute Gasteiger partial charge is 0.508 e. The first kappa shape index (κ1) is 8.36. The third-order valence-corrected chi connectivity index (χ3v) is 2.62. The molecule has 0 atom stereocenters. The van der Waals surface area contributed by atoms with Crippen molar-refractivity contribution in [2.24, 2.45) is 0 Å². The second-order valence-electron chi connectivity index (χ2n) is 3.62. The number of phenolic OH excluding ortho intramolecular Hbond substituents is 1. The minimum atomic E-state index is 0.408. The van der Waals surface area contributed by atoms with Gasteiger partial charge in [0.15, 0.2) is 0 Å². The second kappa shape index (κ2) is 3.25. The van der Waals surface area contributed by atoms with E-state index in [4.69, 9.17) is 0 Å². The highest BCUT2D eigenvalue weighted by molar-refractivity contribution is 5.68. The predicted molar refractivity (Wildman–Crippen MR) is 54.7 cm³/mol. The molecule has 0 spiro atoms. The van der Waals surface area contributed by atoms with Crippen molar-refractivity contribution in [1.82, 2.24) is 0 Å². The zero-order chi connectivity index (χ0) is 9.26. The highest BCUT2D eigenvalue weighted by Gasteiger charge is 2.07. The Bertz CT molecular complexity index is 350. The van der Waals surface area contributed by atoms with E-state index in [1.807, 2.05) is 19.1 Å². The summed E-state index contributed by atoms with van der Waals surface area (Å²) in [6.45, 7) is 1.92. The molecule has 1 N–H and O–H groups in total. The molecule has 68 valence electrons. The monoisotopic (exact) mass is 174 g/mol. The molecule has 1 aliphatic carbocycles. The molecule has 0 unspecified atom stereocenters. The lowest BCUT2D eigenvalue weighted by atomic mass is 10.0. The Kier molecular flexibility index (Phi) is 2.09. The van der Waals surface area contributed by atoms with E-state index in [-0.39, 0.29) is 0 Å². The Morgan fingerprint density at radius 1 is 1.31 bits per heavy atom. The smallest absolute Gasteiger partial charge is 0.119 e. The van der Waals surface area contributed by atoms with Gasteiger partial charge in [-0.1, -0.05) is 18.2 Å². The molecule has 0 saturated heterocycles. The maximum Gasteiger partial charge on any atom is 0.119 e. The van der Waals surface area contributed by atoms with Crippen molar-refractivity contribution in [3.63, 3.8) is 0 Å². The lowest BCUT2D eigenvalue weighted by Gasteiger charge is -2.04. The average Bonchev–Trinajstić information content (AvgIpc) is 2.62. The van der Waals surface area contributed by atoms with Gasteiger partial charge in [-0.05, 0) is 49.0 Å². The van der Waals surface area contributed by atoms with Gasteiger partial charge in [-0.2, -0.15) is 0 Å². The van der Waals surface area contributed by atoms with Crippen molar-refractivity contribution in [2.45, 2.75) is 26.2 Å². The number of phenols is 1. The van der Waals surface area contributed by atoms with Crippen molar-refractivity contribution in [3.05, 3.63) is 35.4 Å². The van der Waals surface area contributed by atoms with Crippen molar-refractivity contribution < 1.29 is 5.11 Å². The van der Waals surface area contributed by atoms with Gasteiger partial charge >= 0.3 is 0 Å². The summed E-state index contributed by atoms with van der Waals surface area (Å²) in [6.07, 6.45) is 5.86. The topological polar surface area (TPSA) is 20.2 Å². The number of aromatic hydroxyl groups is 1. The minimum absolute atomic E-state index is 0.408. The molecule has 1 nitrogen and oxygen atoms in total. The lowest BCUT2D eigenvalue weighted by Crippen LogP contribution is -1.82. The van der Waals surface area contributed by atoms with Crippen LogP contribution in [-0.4, -0.2) is 5.11 Å². The van der Waals surface area contributed by atoms with Gasteiger partial charge in [-0.25, -0.2) is 0 Å². The molecule has 0 radical (unpaired) electrons. The first-order chi connectivity index (χ1) is 6.27. The summed E-state index contributed by atoms with van der Waals surface area (Å²) in [5.41, 5.74) is 3.51. The maximum atomic E-state index is 9.53. The second-order valence-corrected chi connectivity index (χ2v) is 3.62. The normalized spacial score (nSPS) is 15.9. The number of rotatable bonds is 1. The first-order valence-electron chi connectivity index (χ1n) is 4.76. The molecule has 13 heavy (non-hydrogen) atoms. The van der Waals surface area contributed by atoms with E-state index >= 15 is 0 Å². The van der Waals surface area contributed by atoms with Gasteiger partial charge in [0.25, 0.3) is 0 Å². The molecule has 0 aromatic heterocycles. The van der Waals surface area contributed by atoms with Crippen LogP contribution in [0.3, 0.4) is 0 Å². The van der Waals surface area contributed by atoms with E-state index < -0.39 is 0 Å². The molecule has 1 heteroatoms. The Morgan fingerprint density at radius 2 is 2.15 bits per heavy atom. The van der Waals surface area contributed by atoms with Crippen LogP contribution >= 0.6 is 0 Å². The standard InChI is InChI=1S/C12H14O/c1-9-6-7-11(8-12(9)13)10-4-2-3-5-10/h4,6-8,13H,2-3,5H2,1H3. The number of benzene rings is 1. The van der Waals surface area contributed by atoms with Gasteiger partial charge in [0, 0.05) is 0 Å². The molecule has 2 rings (SSSR count). The Balaban J connectivity index is 2.36. The quantitative estimate of drug-likeness (QED) is 0.692. The molecule has 1 aliphatic rings. The number of aryl methyl sites for hydroxylation is 1. The van der Waals surface area contributed by atoms with Gasteiger partial charge in [-0.3, -0.25) is 0 Å². The molecule has 0 saturated carbocycles. The predicted octanol–water partition coefficient (Wildman–Crippen LogP) is 3.27. The molecule has 0 fully saturated rings. The molecule has 1 aromatic rings. The number of hydrogen-bond donors (Lipinski definition) is 1. The lowest BCUT2D eigenvalue weighted by molar-refractivity contribution is 0.471. The van der Waals surface area contributed by atoms with E-state index in [0.717, 1.165) is 12.0 Å². The van der Waals surface area contributed by atoms with Crippen LogP contribution in [0.1, 0.15) is 30.4 Å². The van der Waals surface area contributed by atoms with Crippen LogP contribution in [0.25, 0.3) is 5.57 Å². The van der Waals surface area contributed by atoms with Crippen molar-refractivity contribution in [3.8, 4) is 5.75 Å². The summed E-state index contributed by atoms with van der Waals surface area (Å²) in [5, 5.41) is 9.53. The molecular formula is C12H14O. The maximum absolute atomic E-state index is 9.53. The van der Waals surface area contributed by atoms with Gasteiger partial charge in [0.2, 0.25) is 0 Å². The van der Waals surface area contributed by atoms with Crippen molar-refractivity contribution >= 4 is 5.57 Å². The number of allylic oxidation sites excluding steroid dienone is 2. The van der Waals surface area contributed by atoms with Crippen LogP contribution in [0.5, 0.6) is 5.75 Å². The highest BCUT2D eigenvalue weighted by atomic mass is 16.3. The van der Waals surface area contributed by atoms with Gasteiger partial charge < -0.3 is 5.11 Å². The minimum Gasteiger partial charge on any atom is -0.508 e. The summed E-state index contributed by atoms with van der Waals surface area (Å²) >= 11 is 0. The third kappa shape index (κ3) is 1.59. The fraction of sp³-hybridized carbons (Fsp3) is 0.333. The van der Waals surface area contributed by atoms with E-state index in [2.05, 4.69) is 12.1 Å². The van der Waals surface area contributed by atoms with Gasteiger partial charge in [0.1, 0.15) is 5.75 Å². The molecule has 0 aliphatic heterocycles. The van der Waals surface area contributed by atoms with Gasteiger partial charge in [-0.15, -0.1) is 0 Å². The van der Waals surface area contributed by atoms with E-state index in [1.165, 1.54) is 24.0 Å². The summed E-state index contributed by atoms with van der Waals surface area (Å²) in [5.74, 6) is 0.408. The average molecular weight is 174 g/mol. The van der Waals surface area contributed by atoms with Crippen molar-refractivity contribution in [1.29, 1.82) is 0 Å². The highest BCUT2D eigenvalue weighted by Crippen LogP contribution is 2.30. The Morgan fingerprint density at radius 3 is 2.77 bits per heavy atom. The van der Waals surface area contributed by atoms with E-state index in [1.54, 1.807) is 0 Å². The van der Waals surface area contributed by atoms with Crippen LogP contribution < -0.4 is 0 Å². The van der Waals surface area contributed by atoms with Crippen molar-refractivity contribution in [2.75, 3.05) is 0 Å². The van der Waals surface area contributed by atoms with Crippen LogP contribution in [-0.2, 0) is 0 Å². The van der Waals surface area contributed by atoms with Crippen LogP contribution in [0.4, 0.5) is 0 Å². The van der Waals surface area contributed by atoms with E-state index in [9.17, 15) is 5.11 Å². The molecular weight excluding hydrogens is 160 g/mol. The number of hydrogen-bond acceptors (Lipinski definition) is 1. The van der Waals surface area contributed by atoms with E-state index in [0.29, 0.717) is 5.75 Å². The third-order valence-electron chi connectivity index (χ3n) is 2.62. The Hall–Kier alpha value is -1.24. The fourth-order valence-electron chi connectivity index (χ4n) is 1.74. The fourth-order valence-corrected chi connectivity index (χ4v) is 1.74. The van der Waals surface area contributed by atoms with Crippen LogP contribution in [0.2, 0.25) is 0 Å². The summed E-state index contributed by atoms with van der Waals surface area (Å²) < 4.78 is 0. The zero-order valence-corrected chi connectivity index (χ0v) is 7.88. The Labute approximate surface area is 78.7 Å². The molecule has 1 aromatic carbocycles. The zero-order valence-electron chi connectivity index (χ0n) is 7.88. The molecule has 0 heterocycles. The SMILES string of the molecule is Cc1ccc(C2=CCCC2)cc1O. The van der Waals surface area contributed by atoms with Gasteiger partial charge in [0.05, 0.1) is 0 Å². The summed E-state index contributed by atoms with van der Waals surface area (Å²) in [7, 11) is 0. The summed E-state index contributed by atoms with van der Waals surface area (Å²) in [4.78, 5) is 0. The van der Waals surface area contributed by atoms with Crippen LogP contribution in [0, 0.1) is 6.92 Å². The summed E-state index contributed by atoms with van der Waals surface area (Å²) in [6, 6.07) is 5.93. The molecule has 0 bridgehead atoms. The molecule has 0 amide bonds.